The van der Waals surface area contributed by atoms with Gasteiger partial charge in [-0.2, -0.15) is 0 Å². The minimum atomic E-state index is -0.891. The van der Waals surface area contributed by atoms with Crippen LogP contribution in [0.1, 0.15) is 27.3 Å². The molecule has 7 heteroatoms. The van der Waals surface area contributed by atoms with Gasteiger partial charge in [0.05, 0.1) is 10.7 Å². The topological polar surface area (TPSA) is 68.3 Å². The third-order valence-electron chi connectivity index (χ3n) is 2.85. The van der Waals surface area contributed by atoms with Crippen molar-refractivity contribution in [3.63, 3.8) is 0 Å². The number of esters is 1. The highest BCUT2D eigenvalue weighted by Gasteiger charge is 2.22. The van der Waals surface area contributed by atoms with Crippen molar-refractivity contribution < 1.29 is 14.3 Å². The average Bonchev–Trinajstić information content (AvgIpc) is 2.80. The lowest BCUT2D eigenvalue weighted by Gasteiger charge is -2.13. The van der Waals surface area contributed by atoms with Crippen LogP contribution < -0.4 is 5.32 Å². The maximum atomic E-state index is 12.1. The number of halogens is 1. The number of thiazole rings is 1. The summed E-state index contributed by atoms with van der Waals surface area (Å²) in [6.45, 7) is 5.10. The molecule has 2 aromatic rings. The van der Waals surface area contributed by atoms with Gasteiger partial charge in [-0.15, -0.1) is 11.3 Å². The van der Waals surface area contributed by atoms with Crippen molar-refractivity contribution in [2.75, 3.05) is 5.32 Å². The van der Waals surface area contributed by atoms with Gasteiger partial charge in [-0.05, 0) is 45.0 Å². The number of benzene rings is 1. The highest BCUT2D eigenvalue weighted by atomic mass is 79.9. The zero-order valence-corrected chi connectivity index (χ0v) is 14.7. The van der Waals surface area contributed by atoms with Crippen LogP contribution in [0.3, 0.4) is 0 Å². The number of aromatic nitrogens is 1. The molecule has 116 valence electrons. The number of nitrogens with zero attached hydrogens (tertiary/aromatic N) is 1. The van der Waals surface area contributed by atoms with Crippen molar-refractivity contribution in [2.45, 2.75) is 26.9 Å². The van der Waals surface area contributed by atoms with Crippen LogP contribution in [0.25, 0.3) is 0 Å². The Balaban J connectivity index is 1.97. The van der Waals surface area contributed by atoms with E-state index in [0.29, 0.717) is 16.3 Å². The number of nitrogens with one attached hydrogen (secondary N) is 1. The first-order valence-electron chi connectivity index (χ1n) is 6.58. The van der Waals surface area contributed by atoms with E-state index in [-0.39, 0.29) is 5.91 Å². The van der Waals surface area contributed by atoms with Crippen molar-refractivity contribution in [3.05, 3.63) is 44.3 Å². The van der Waals surface area contributed by atoms with E-state index in [1.54, 1.807) is 19.1 Å². The van der Waals surface area contributed by atoms with Crippen LogP contribution in [0.2, 0.25) is 0 Å². The number of rotatable bonds is 4. The van der Waals surface area contributed by atoms with Crippen molar-refractivity contribution in [1.29, 1.82) is 0 Å². The van der Waals surface area contributed by atoms with E-state index < -0.39 is 12.1 Å². The number of aryl methyl sites for hydroxylation is 2. The molecule has 5 nitrogen and oxygen atoms in total. The quantitative estimate of drug-likeness (QED) is 0.818. The summed E-state index contributed by atoms with van der Waals surface area (Å²) in [5.74, 6) is -0.906. The highest BCUT2D eigenvalue weighted by molar-refractivity contribution is 9.10. The lowest BCUT2D eigenvalue weighted by Crippen LogP contribution is -2.29. The molecule has 1 amide bonds. The summed E-state index contributed by atoms with van der Waals surface area (Å²) >= 11 is 4.58. The van der Waals surface area contributed by atoms with Gasteiger partial charge in [0, 0.05) is 10.2 Å². The molecule has 0 aliphatic carbocycles. The van der Waals surface area contributed by atoms with Gasteiger partial charge in [0.25, 0.3) is 5.91 Å². The number of hydrogen-bond donors (Lipinski definition) is 1. The highest BCUT2D eigenvalue weighted by Crippen LogP contribution is 2.19. The maximum absolute atomic E-state index is 12.1. The molecule has 0 radical (unpaired) electrons. The Morgan fingerprint density at radius 3 is 2.45 bits per heavy atom. The van der Waals surface area contributed by atoms with Crippen LogP contribution >= 0.6 is 27.3 Å². The summed E-state index contributed by atoms with van der Waals surface area (Å²) in [6.07, 6.45) is -0.891. The van der Waals surface area contributed by atoms with Crippen molar-refractivity contribution in [2.24, 2.45) is 0 Å². The van der Waals surface area contributed by atoms with E-state index in [9.17, 15) is 9.59 Å². The largest absolute Gasteiger partial charge is 0.448 e. The minimum absolute atomic E-state index is 0.380. The van der Waals surface area contributed by atoms with Crippen molar-refractivity contribution in [1.82, 2.24) is 4.98 Å². The SMILES string of the molecule is Cc1nc(C)c(C(=O)O[C@H](C)C(=O)Nc2ccc(Br)cc2)s1. The second-order valence-electron chi connectivity index (χ2n) is 4.69. The van der Waals surface area contributed by atoms with Gasteiger partial charge in [0.2, 0.25) is 0 Å². The van der Waals surface area contributed by atoms with E-state index in [2.05, 4.69) is 26.2 Å². The fraction of sp³-hybridized carbons (Fsp3) is 0.267. The second kappa shape index (κ2) is 7.02. The molecule has 1 aromatic heterocycles. The summed E-state index contributed by atoms with van der Waals surface area (Å²) in [6, 6.07) is 7.14. The van der Waals surface area contributed by atoms with Crippen molar-refractivity contribution >= 4 is 44.8 Å². The second-order valence-corrected chi connectivity index (χ2v) is 6.81. The molecule has 0 saturated heterocycles. The standard InChI is InChI=1S/C15H15BrN2O3S/c1-8-13(22-10(3)17-8)15(20)21-9(2)14(19)18-12-6-4-11(16)5-7-12/h4-7,9H,1-3H3,(H,18,19)/t9-/m1/s1. The molecule has 0 unspecified atom stereocenters. The number of anilines is 1. The smallest absolute Gasteiger partial charge is 0.351 e. The molecule has 2 rings (SSSR count). The molecule has 1 aromatic carbocycles. The number of amides is 1. The van der Waals surface area contributed by atoms with Crippen LogP contribution in [-0.2, 0) is 9.53 Å². The Morgan fingerprint density at radius 1 is 1.27 bits per heavy atom. The molecule has 1 heterocycles. The van der Waals surface area contributed by atoms with Crippen LogP contribution in [-0.4, -0.2) is 23.0 Å². The zero-order valence-electron chi connectivity index (χ0n) is 12.3. The summed E-state index contributed by atoms with van der Waals surface area (Å²) < 4.78 is 6.12. The first-order valence-corrected chi connectivity index (χ1v) is 8.19. The monoisotopic (exact) mass is 382 g/mol. The Hall–Kier alpha value is -1.73. The van der Waals surface area contributed by atoms with Gasteiger partial charge in [0.1, 0.15) is 4.88 Å². The van der Waals surface area contributed by atoms with Gasteiger partial charge in [-0.1, -0.05) is 15.9 Å². The van der Waals surface area contributed by atoms with Gasteiger partial charge in [0.15, 0.2) is 6.10 Å². The zero-order chi connectivity index (χ0) is 16.3. The molecule has 0 aliphatic heterocycles. The number of ether oxygens (including phenoxy) is 1. The fourth-order valence-electron chi connectivity index (χ4n) is 1.77. The normalized spacial score (nSPS) is 11.8. The molecule has 22 heavy (non-hydrogen) atoms. The molecule has 0 aliphatic rings. The van der Waals surface area contributed by atoms with Gasteiger partial charge < -0.3 is 10.1 Å². The molecular weight excluding hydrogens is 368 g/mol. The summed E-state index contributed by atoms with van der Waals surface area (Å²) in [5, 5.41) is 3.48. The Labute approximate surface area is 140 Å². The molecule has 0 saturated carbocycles. The van der Waals surface area contributed by atoms with Gasteiger partial charge in [-0.25, -0.2) is 9.78 Å². The molecule has 0 spiro atoms. The first-order chi connectivity index (χ1) is 10.4. The Bertz CT molecular complexity index is 697. The first kappa shape index (κ1) is 16.6. The average molecular weight is 383 g/mol. The predicted molar refractivity (Wildman–Crippen MR) is 89.2 cm³/mol. The van der Waals surface area contributed by atoms with E-state index >= 15 is 0 Å². The van der Waals surface area contributed by atoms with Gasteiger partial charge >= 0.3 is 5.97 Å². The molecular formula is C15H15BrN2O3S. The maximum Gasteiger partial charge on any atom is 0.351 e. The van der Waals surface area contributed by atoms with Crippen LogP contribution in [0.5, 0.6) is 0 Å². The molecule has 0 bridgehead atoms. The number of carbonyl (C=O) groups is 2. The molecule has 1 N–H and O–H groups in total. The predicted octanol–water partition coefficient (Wildman–Crippen LogP) is 3.71. The third kappa shape index (κ3) is 4.14. The van der Waals surface area contributed by atoms with Crippen LogP contribution in [0.15, 0.2) is 28.7 Å². The lowest BCUT2D eigenvalue weighted by molar-refractivity contribution is -0.123. The molecule has 0 fully saturated rings. The van der Waals surface area contributed by atoms with Crippen LogP contribution in [0, 0.1) is 13.8 Å². The molecule has 1 atom stereocenters. The number of carbonyl (C=O) groups excluding carboxylic acids is 2. The van der Waals surface area contributed by atoms with E-state index in [1.807, 2.05) is 19.1 Å². The third-order valence-corrected chi connectivity index (χ3v) is 4.44. The van der Waals surface area contributed by atoms with Crippen molar-refractivity contribution in [3.8, 4) is 0 Å². The van der Waals surface area contributed by atoms with Crippen LogP contribution in [0.4, 0.5) is 5.69 Å². The Morgan fingerprint density at radius 2 is 1.91 bits per heavy atom. The van der Waals surface area contributed by atoms with E-state index in [1.165, 1.54) is 18.3 Å². The minimum Gasteiger partial charge on any atom is -0.448 e. The fourth-order valence-corrected chi connectivity index (χ4v) is 2.83. The summed E-state index contributed by atoms with van der Waals surface area (Å²) in [5.41, 5.74) is 1.26. The number of hydrogen-bond acceptors (Lipinski definition) is 5. The summed E-state index contributed by atoms with van der Waals surface area (Å²) in [4.78, 5) is 28.7. The van der Waals surface area contributed by atoms with E-state index in [0.717, 1.165) is 9.48 Å². The Kier molecular flexibility index (Phi) is 5.31. The summed E-state index contributed by atoms with van der Waals surface area (Å²) in [7, 11) is 0. The van der Waals surface area contributed by atoms with E-state index in [4.69, 9.17) is 4.74 Å². The van der Waals surface area contributed by atoms with Gasteiger partial charge in [-0.3, -0.25) is 4.79 Å². The lowest BCUT2D eigenvalue weighted by atomic mass is 10.3.